The van der Waals surface area contributed by atoms with Gasteiger partial charge in [0, 0.05) is 11.1 Å². The molecule has 0 aliphatic heterocycles. The Morgan fingerprint density at radius 3 is 2.67 bits per heavy atom. The maximum Gasteiger partial charge on any atom is 0.190 e. The number of rotatable bonds is 2. The molecule has 12 heavy (non-hydrogen) atoms. The van der Waals surface area contributed by atoms with E-state index in [0.717, 1.165) is 12.0 Å². The second-order valence-electron chi connectivity index (χ2n) is 3.51. The van der Waals surface area contributed by atoms with E-state index in [1.54, 1.807) is 13.2 Å². The molecule has 0 unspecified atom stereocenters. The first kappa shape index (κ1) is 9.04. The molecule has 1 heterocycles. The molecule has 0 fully saturated rings. The van der Waals surface area contributed by atoms with Crippen LogP contribution in [0.15, 0.2) is 21.7 Å². The lowest BCUT2D eigenvalue weighted by molar-refractivity contribution is 0.523. The van der Waals surface area contributed by atoms with Crippen molar-refractivity contribution in [2.75, 3.05) is 0 Å². The molecule has 0 aromatic carbocycles. The van der Waals surface area contributed by atoms with Crippen molar-refractivity contribution >= 4 is 0 Å². The highest BCUT2D eigenvalue weighted by Gasteiger charge is 2.04. The van der Waals surface area contributed by atoms with E-state index in [1.165, 1.54) is 6.26 Å². The van der Waals surface area contributed by atoms with Crippen LogP contribution < -0.4 is 5.43 Å². The Bertz CT molecular complexity index is 310. The summed E-state index contributed by atoms with van der Waals surface area (Å²) in [4.78, 5) is 11.4. The van der Waals surface area contributed by atoms with Gasteiger partial charge in [-0.15, -0.1) is 0 Å². The lowest BCUT2D eigenvalue weighted by Crippen LogP contribution is -2.12. The zero-order valence-electron chi connectivity index (χ0n) is 7.76. The predicted molar refractivity (Wildman–Crippen MR) is 48.3 cm³/mol. The Labute approximate surface area is 72.2 Å². The van der Waals surface area contributed by atoms with Crippen molar-refractivity contribution in [1.82, 2.24) is 0 Å². The molecule has 0 bridgehead atoms. The van der Waals surface area contributed by atoms with E-state index in [9.17, 15) is 4.79 Å². The normalized spacial score (nSPS) is 10.7. The second-order valence-corrected chi connectivity index (χ2v) is 3.51. The molecule has 66 valence electrons. The van der Waals surface area contributed by atoms with Crippen molar-refractivity contribution in [2.24, 2.45) is 5.92 Å². The summed E-state index contributed by atoms with van der Waals surface area (Å²) in [5, 5.41) is 0. The third-order valence-electron chi connectivity index (χ3n) is 1.73. The van der Waals surface area contributed by atoms with Crippen LogP contribution in [0.1, 0.15) is 25.0 Å². The third kappa shape index (κ3) is 1.97. The summed E-state index contributed by atoms with van der Waals surface area (Å²) in [7, 11) is 0. The summed E-state index contributed by atoms with van der Waals surface area (Å²) in [5.41, 5.74) is 1.59. The quantitative estimate of drug-likeness (QED) is 0.673. The van der Waals surface area contributed by atoms with Gasteiger partial charge in [-0.3, -0.25) is 4.79 Å². The molecule has 2 heteroatoms. The molecule has 1 rings (SSSR count). The zero-order chi connectivity index (χ0) is 9.14. The highest BCUT2D eigenvalue weighted by Crippen LogP contribution is 2.03. The number of hydrogen-bond acceptors (Lipinski definition) is 2. The zero-order valence-corrected chi connectivity index (χ0v) is 7.76. The van der Waals surface area contributed by atoms with E-state index in [0.29, 0.717) is 11.5 Å². The van der Waals surface area contributed by atoms with Crippen LogP contribution in [-0.4, -0.2) is 0 Å². The van der Waals surface area contributed by atoms with Crippen LogP contribution in [0.5, 0.6) is 0 Å². The third-order valence-corrected chi connectivity index (χ3v) is 1.73. The molecule has 1 aromatic heterocycles. The lowest BCUT2D eigenvalue weighted by atomic mass is 10.0. The Morgan fingerprint density at radius 1 is 1.42 bits per heavy atom. The highest BCUT2D eigenvalue weighted by atomic mass is 16.3. The van der Waals surface area contributed by atoms with Gasteiger partial charge in [0.2, 0.25) is 0 Å². The van der Waals surface area contributed by atoms with E-state index in [-0.39, 0.29) is 5.43 Å². The van der Waals surface area contributed by atoms with Gasteiger partial charge in [0.15, 0.2) is 5.43 Å². The van der Waals surface area contributed by atoms with Crippen LogP contribution >= 0.6 is 0 Å². The first-order valence-corrected chi connectivity index (χ1v) is 4.17. The summed E-state index contributed by atoms with van der Waals surface area (Å²) >= 11 is 0. The maximum atomic E-state index is 11.4. The van der Waals surface area contributed by atoms with Crippen molar-refractivity contribution in [1.29, 1.82) is 0 Å². The molecule has 0 amide bonds. The first-order valence-electron chi connectivity index (χ1n) is 4.17. The van der Waals surface area contributed by atoms with Crippen LogP contribution in [0, 0.1) is 12.8 Å². The Balaban J connectivity index is 3.01. The number of hydrogen-bond donors (Lipinski definition) is 0. The molecule has 0 aliphatic rings. The molecule has 0 spiro atoms. The van der Waals surface area contributed by atoms with E-state index in [2.05, 4.69) is 13.8 Å². The van der Waals surface area contributed by atoms with Crippen LogP contribution in [0.4, 0.5) is 0 Å². The standard InChI is InChI=1S/C10H14O2/c1-7(2)4-9-6-12-5-8(3)10(9)11/h5-7H,4H2,1-3H3. The minimum Gasteiger partial charge on any atom is -0.472 e. The lowest BCUT2D eigenvalue weighted by Gasteiger charge is -2.02. The topological polar surface area (TPSA) is 30.2 Å². The van der Waals surface area contributed by atoms with Crippen LogP contribution in [0.25, 0.3) is 0 Å². The first-order chi connectivity index (χ1) is 5.61. The van der Waals surface area contributed by atoms with Gasteiger partial charge in [0.05, 0.1) is 12.5 Å². The molecule has 0 radical (unpaired) electrons. The van der Waals surface area contributed by atoms with Crippen molar-refractivity contribution < 1.29 is 4.42 Å². The Morgan fingerprint density at radius 2 is 2.08 bits per heavy atom. The average Bonchev–Trinajstić information content (AvgIpc) is 1.98. The van der Waals surface area contributed by atoms with Gasteiger partial charge in [-0.05, 0) is 19.3 Å². The SMILES string of the molecule is Cc1cocc(CC(C)C)c1=O. The fourth-order valence-corrected chi connectivity index (χ4v) is 1.16. The maximum absolute atomic E-state index is 11.4. The monoisotopic (exact) mass is 166 g/mol. The van der Waals surface area contributed by atoms with Gasteiger partial charge in [0.25, 0.3) is 0 Å². The van der Waals surface area contributed by atoms with E-state index in [1.807, 2.05) is 0 Å². The Kier molecular flexibility index (Phi) is 2.69. The second kappa shape index (κ2) is 3.57. The summed E-state index contributed by atoms with van der Waals surface area (Å²) < 4.78 is 5.02. The summed E-state index contributed by atoms with van der Waals surface area (Å²) in [5.74, 6) is 0.495. The average molecular weight is 166 g/mol. The summed E-state index contributed by atoms with van der Waals surface area (Å²) in [6.45, 7) is 5.94. The fraction of sp³-hybridized carbons (Fsp3) is 0.500. The van der Waals surface area contributed by atoms with Gasteiger partial charge in [-0.2, -0.15) is 0 Å². The van der Waals surface area contributed by atoms with Gasteiger partial charge in [-0.25, -0.2) is 0 Å². The van der Waals surface area contributed by atoms with Crippen LogP contribution in [0.2, 0.25) is 0 Å². The minimum absolute atomic E-state index is 0.120. The van der Waals surface area contributed by atoms with Gasteiger partial charge < -0.3 is 4.42 Å². The fourth-order valence-electron chi connectivity index (χ4n) is 1.16. The minimum atomic E-state index is 0.120. The van der Waals surface area contributed by atoms with Gasteiger partial charge >= 0.3 is 0 Å². The molecular weight excluding hydrogens is 152 g/mol. The molecule has 1 aromatic rings. The molecule has 2 nitrogen and oxygen atoms in total. The molecule has 0 aliphatic carbocycles. The highest BCUT2D eigenvalue weighted by molar-refractivity contribution is 5.15. The van der Waals surface area contributed by atoms with Crippen molar-refractivity contribution in [3.8, 4) is 0 Å². The molecule has 0 atom stereocenters. The number of aryl methyl sites for hydroxylation is 1. The smallest absolute Gasteiger partial charge is 0.190 e. The Hall–Kier alpha value is -1.05. The van der Waals surface area contributed by atoms with E-state index >= 15 is 0 Å². The van der Waals surface area contributed by atoms with Gasteiger partial charge in [0.1, 0.15) is 0 Å². The summed E-state index contributed by atoms with van der Waals surface area (Å²) in [6, 6.07) is 0. The predicted octanol–water partition coefficient (Wildman–Crippen LogP) is 2.15. The van der Waals surface area contributed by atoms with Crippen LogP contribution in [0.3, 0.4) is 0 Å². The van der Waals surface area contributed by atoms with Crippen molar-refractivity contribution in [2.45, 2.75) is 27.2 Å². The van der Waals surface area contributed by atoms with E-state index < -0.39 is 0 Å². The summed E-state index contributed by atoms with van der Waals surface area (Å²) in [6.07, 6.45) is 3.84. The molecule has 0 saturated heterocycles. The van der Waals surface area contributed by atoms with Crippen molar-refractivity contribution in [3.05, 3.63) is 33.9 Å². The van der Waals surface area contributed by atoms with Crippen molar-refractivity contribution in [3.63, 3.8) is 0 Å². The van der Waals surface area contributed by atoms with Gasteiger partial charge in [-0.1, -0.05) is 13.8 Å². The van der Waals surface area contributed by atoms with E-state index in [4.69, 9.17) is 4.42 Å². The van der Waals surface area contributed by atoms with Crippen LogP contribution in [-0.2, 0) is 6.42 Å². The molecule has 0 saturated carbocycles. The molecule has 0 N–H and O–H groups in total. The largest absolute Gasteiger partial charge is 0.472 e. The molecular formula is C10H14O2.